The third-order valence-electron chi connectivity index (χ3n) is 3.00. The van der Waals surface area contributed by atoms with Crippen LogP contribution in [0.3, 0.4) is 0 Å². The standard InChI is InChI=1S/C13H16O3/c1-15-10-4-6-13(16-2)12(7-10)11-5-3-9(11)8-14/h4-7,9,14H,3,8H2,1-2H3. The van der Waals surface area contributed by atoms with Crippen LogP contribution in [0.25, 0.3) is 5.57 Å². The monoisotopic (exact) mass is 220 g/mol. The molecule has 0 radical (unpaired) electrons. The summed E-state index contributed by atoms with van der Waals surface area (Å²) in [5.41, 5.74) is 2.17. The molecule has 1 N–H and O–H groups in total. The molecular formula is C13H16O3. The molecule has 0 heterocycles. The van der Waals surface area contributed by atoms with Crippen LogP contribution < -0.4 is 9.47 Å². The predicted molar refractivity (Wildman–Crippen MR) is 62.7 cm³/mol. The maximum atomic E-state index is 9.19. The lowest BCUT2D eigenvalue weighted by Crippen LogP contribution is -2.16. The minimum Gasteiger partial charge on any atom is -0.497 e. The van der Waals surface area contributed by atoms with E-state index < -0.39 is 0 Å². The van der Waals surface area contributed by atoms with Crippen LogP contribution >= 0.6 is 0 Å². The van der Waals surface area contributed by atoms with E-state index >= 15 is 0 Å². The molecule has 3 heteroatoms. The molecule has 0 saturated carbocycles. The van der Waals surface area contributed by atoms with Crippen molar-refractivity contribution >= 4 is 5.57 Å². The molecule has 0 aliphatic heterocycles. The van der Waals surface area contributed by atoms with Crippen LogP contribution in [-0.4, -0.2) is 25.9 Å². The molecule has 16 heavy (non-hydrogen) atoms. The third kappa shape index (κ3) is 1.78. The average Bonchev–Trinajstić information content (AvgIpc) is 2.28. The van der Waals surface area contributed by atoms with Crippen molar-refractivity contribution in [2.45, 2.75) is 6.42 Å². The van der Waals surface area contributed by atoms with Crippen molar-refractivity contribution in [3.8, 4) is 11.5 Å². The molecule has 1 aromatic rings. The molecule has 86 valence electrons. The van der Waals surface area contributed by atoms with E-state index in [9.17, 15) is 5.11 Å². The van der Waals surface area contributed by atoms with Gasteiger partial charge in [-0.15, -0.1) is 0 Å². The van der Waals surface area contributed by atoms with Gasteiger partial charge in [-0.2, -0.15) is 0 Å². The first-order valence-electron chi connectivity index (χ1n) is 5.33. The summed E-state index contributed by atoms with van der Waals surface area (Å²) in [5, 5.41) is 9.19. The van der Waals surface area contributed by atoms with Gasteiger partial charge in [0.15, 0.2) is 0 Å². The van der Waals surface area contributed by atoms with Crippen molar-refractivity contribution in [1.29, 1.82) is 0 Å². The van der Waals surface area contributed by atoms with Crippen molar-refractivity contribution in [3.63, 3.8) is 0 Å². The molecule has 1 unspecified atom stereocenters. The van der Waals surface area contributed by atoms with E-state index in [1.165, 1.54) is 0 Å². The highest BCUT2D eigenvalue weighted by Gasteiger charge is 2.24. The molecule has 0 aromatic heterocycles. The van der Waals surface area contributed by atoms with Crippen LogP contribution in [-0.2, 0) is 0 Å². The second-order valence-corrected chi connectivity index (χ2v) is 3.84. The van der Waals surface area contributed by atoms with E-state index in [-0.39, 0.29) is 12.5 Å². The largest absolute Gasteiger partial charge is 0.497 e. The van der Waals surface area contributed by atoms with Crippen LogP contribution in [0.15, 0.2) is 24.3 Å². The van der Waals surface area contributed by atoms with Crippen LogP contribution in [0.5, 0.6) is 11.5 Å². The maximum absolute atomic E-state index is 9.19. The number of methoxy groups -OCH3 is 2. The number of ether oxygens (including phenoxy) is 2. The Morgan fingerprint density at radius 2 is 2.12 bits per heavy atom. The number of aliphatic hydroxyl groups is 1. The highest BCUT2D eigenvalue weighted by Crippen LogP contribution is 2.40. The van der Waals surface area contributed by atoms with Crippen LogP contribution in [0.2, 0.25) is 0 Å². The highest BCUT2D eigenvalue weighted by atomic mass is 16.5. The first kappa shape index (κ1) is 11.0. The van der Waals surface area contributed by atoms with Crippen LogP contribution in [0.4, 0.5) is 0 Å². The molecule has 0 bridgehead atoms. The molecule has 0 fully saturated rings. The van der Waals surface area contributed by atoms with Crippen LogP contribution in [0, 0.1) is 5.92 Å². The third-order valence-corrected chi connectivity index (χ3v) is 3.00. The van der Waals surface area contributed by atoms with Gasteiger partial charge in [-0.1, -0.05) is 6.08 Å². The van der Waals surface area contributed by atoms with Gasteiger partial charge in [-0.3, -0.25) is 0 Å². The van der Waals surface area contributed by atoms with E-state index in [1.807, 2.05) is 18.2 Å². The number of hydrogen-bond donors (Lipinski definition) is 1. The maximum Gasteiger partial charge on any atom is 0.126 e. The number of allylic oxidation sites excluding steroid dienone is 1. The summed E-state index contributed by atoms with van der Waals surface area (Å²) in [5.74, 6) is 1.87. The number of hydrogen-bond acceptors (Lipinski definition) is 3. The van der Waals surface area contributed by atoms with Gasteiger partial charge < -0.3 is 14.6 Å². The lowest BCUT2D eigenvalue weighted by molar-refractivity contribution is 0.250. The SMILES string of the molecule is COc1ccc(OC)c(C2=CCC2CO)c1. The fourth-order valence-electron chi connectivity index (χ4n) is 1.94. The molecule has 1 aliphatic rings. The fourth-order valence-corrected chi connectivity index (χ4v) is 1.94. The summed E-state index contributed by atoms with van der Waals surface area (Å²) in [4.78, 5) is 0. The Labute approximate surface area is 95.3 Å². The van der Waals surface area contributed by atoms with Gasteiger partial charge in [0, 0.05) is 11.5 Å². The normalized spacial score (nSPS) is 18.7. The minimum absolute atomic E-state index is 0.187. The zero-order valence-electron chi connectivity index (χ0n) is 9.56. The van der Waals surface area contributed by atoms with Gasteiger partial charge >= 0.3 is 0 Å². The second kappa shape index (κ2) is 4.58. The molecular weight excluding hydrogens is 204 g/mol. The van der Waals surface area contributed by atoms with Gasteiger partial charge in [-0.25, -0.2) is 0 Å². The summed E-state index contributed by atoms with van der Waals surface area (Å²) in [6, 6.07) is 5.71. The van der Waals surface area contributed by atoms with Crippen molar-refractivity contribution in [1.82, 2.24) is 0 Å². The van der Waals surface area contributed by atoms with E-state index in [0.29, 0.717) is 0 Å². The zero-order chi connectivity index (χ0) is 11.5. The predicted octanol–water partition coefficient (Wildman–Crippen LogP) is 2.10. The Bertz CT molecular complexity index is 410. The Balaban J connectivity index is 2.38. The van der Waals surface area contributed by atoms with Crippen molar-refractivity contribution < 1.29 is 14.6 Å². The minimum atomic E-state index is 0.187. The van der Waals surface area contributed by atoms with Gasteiger partial charge in [-0.05, 0) is 30.2 Å². The Hall–Kier alpha value is -1.48. The van der Waals surface area contributed by atoms with E-state index in [4.69, 9.17) is 9.47 Å². The summed E-state index contributed by atoms with van der Waals surface area (Å²) in [6.45, 7) is 0.187. The number of rotatable bonds is 4. The fraction of sp³-hybridized carbons (Fsp3) is 0.385. The lowest BCUT2D eigenvalue weighted by atomic mass is 9.80. The Morgan fingerprint density at radius 3 is 2.62 bits per heavy atom. The molecule has 1 aromatic carbocycles. The van der Waals surface area contributed by atoms with Crippen molar-refractivity contribution in [2.75, 3.05) is 20.8 Å². The molecule has 0 amide bonds. The molecule has 1 atom stereocenters. The number of aliphatic hydroxyl groups excluding tert-OH is 1. The second-order valence-electron chi connectivity index (χ2n) is 3.84. The first-order valence-corrected chi connectivity index (χ1v) is 5.33. The number of benzene rings is 1. The summed E-state index contributed by atoms with van der Waals surface area (Å²) in [7, 11) is 3.29. The van der Waals surface area contributed by atoms with Crippen LogP contribution in [0.1, 0.15) is 12.0 Å². The molecule has 2 rings (SSSR count). The highest BCUT2D eigenvalue weighted by molar-refractivity contribution is 5.77. The van der Waals surface area contributed by atoms with E-state index in [1.54, 1.807) is 14.2 Å². The molecule has 3 nitrogen and oxygen atoms in total. The zero-order valence-corrected chi connectivity index (χ0v) is 9.56. The average molecular weight is 220 g/mol. The topological polar surface area (TPSA) is 38.7 Å². The quantitative estimate of drug-likeness (QED) is 0.844. The van der Waals surface area contributed by atoms with Gasteiger partial charge in [0.1, 0.15) is 11.5 Å². The summed E-state index contributed by atoms with van der Waals surface area (Å²) in [6.07, 6.45) is 3.06. The van der Waals surface area contributed by atoms with E-state index in [2.05, 4.69) is 6.08 Å². The lowest BCUT2D eigenvalue weighted by Gasteiger charge is -2.27. The van der Waals surface area contributed by atoms with E-state index in [0.717, 1.165) is 29.1 Å². The molecule has 0 saturated heterocycles. The Morgan fingerprint density at radius 1 is 1.31 bits per heavy atom. The molecule has 1 aliphatic carbocycles. The summed E-state index contributed by atoms with van der Waals surface area (Å²) < 4.78 is 10.5. The summed E-state index contributed by atoms with van der Waals surface area (Å²) >= 11 is 0. The van der Waals surface area contributed by atoms with Crippen molar-refractivity contribution in [3.05, 3.63) is 29.8 Å². The van der Waals surface area contributed by atoms with Gasteiger partial charge in [0.05, 0.1) is 20.8 Å². The Kier molecular flexibility index (Phi) is 3.15. The smallest absolute Gasteiger partial charge is 0.126 e. The van der Waals surface area contributed by atoms with Gasteiger partial charge in [0.25, 0.3) is 0 Å². The molecule has 0 spiro atoms. The van der Waals surface area contributed by atoms with Crippen molar-refractivity contribution in [2.24, 2.45) is 5.92 Å². The first-order chi connectivity index (χ1) is 7.80. The van der Waals surface area contributed by atoms with Gasteiger partial charge in [0.2, 0.25) is 0 Å².